The highest BCUT2D eigenvalue weighted by molar-refractivity contribution is 6.02. The van der Waals surface area contributed by atoms with Crippen LogP contribution in [0.3, 0.4) is 0 Å². The molecular formula is C13H18N2O7. The van der Waals surface area contributed by atoms with Gasteiger partial charge in [0, 0.05) is 25.7 Å². The third kappa shape index (κ3) is 4.83. The topological polar surface area (TPSA) is 110 Å². The third-order valence-corrected chi connectivity index (χ3v) is 2.34. The van der Waals surface area contributed by atoms with Crippen LogP contribution in [0.5, 0.6) is 0 Å². The van der Waals surface area contributed by atoms with E-state index in [1.54, 1.807) is 0 Å². The second-order valence-electron chi connectivity index (χ2n) is 5.33. The van der Waals surface area contributed by atoms with Gasteiger partial charge in [0.2, 0.25) is 0 Å². The first kappa shape index (κ1) is 17.6. The first-order chi connectivity index (χ1) is 10.2. The van der Waals surface area contributed by atoms with Crippen LogP contribution in [0, 0.1) is 5.92 Å². The van der Waals surface area contributed by atoms with E-state index in [9.17, 15) is 24.0 Å². The maximum Gasteiger partial charge on any atom is 0.560 e. The molecule has 9 heteroatoms. The van der Waals surface area contributed by atoms with Crippen LogP contribution in [0.2, 0.25) is 0 Å². The molecule has 2 rings (SSSR count). The van der Waals surface area contributed by atoms with E-state index in [2.05, 4.69) is 30.4 Å². The molecule has 4 amide bonds. The lowest BCUT2D eigenvalue weighted by atomic mass is 10.3. The molecule has 0 aromatic rings. The van der Waals surface area contributed by atoms with Crippen LogP contribution in [0.1, 0.15) is 46.5 Å². The van der Waals surface area contributed by atoms with E-state index >= 15 is 0 Å². The average Bonchev–Trinajstić information content (AvgIpc) is 2.88. The Bertz CT molecular complexity index is 426. The first-order valence-electron chi connectivity index (χ1n) is 6.83. The second-order valence-corrected chi connectivity index (χ2v) is 5.33. The Labute approximate surface area is 127 Å². The fourth-order valence-electron chi connectivity index (χ4n) is 1.48. The molecule has 22 heavy (non-hydrogen) atoms. The molecule has 2 aliphatic rings. The number of rotatable bonds is 2. The number of nitrogens with zero attached hydrogens (tertiary/aromatic N) is 2. The van der Waals surface area contributed by atoms with Crippen LogP contribution in [0.4, 0.5) is 4.79 Å². The summed E-state index contributed by atoms with van der Waals surface area (Å²) in [5.74, 6) is -1.90. The van der Waals surface area contributed by atoms with Gasteiger partial charge in [0.05, 0.1) is 0 Å². The molecule has 0 bridgehead atoms. The second kappa shape index (κ2) is 7.53. The molecule has 0 saturated carbocycles. The van der Waals surface area contributed by atoms with Crippen molar-refractivity contribution in [1.82, 2.24) is 10.1 Å². The van der Waals surface area contributed by atoms with E-state index < -0.39 is 29.8 Å². The predicted molar refractivity (Wildman–Crippen MR) is 70.3 cm³/mol. The molecule has 9 nitrogen and oxygen atoms in total. The zero-order valence-corrected chi connectivity index (χ0v) is 12.7. The fraction of sp³-hybridized carbons (Fsp3) is 0.615. The molecule has 0 aromatic heterocycles. The monoisotopic (exact) mass is 314 g/mol. The minimum atomic E-state index is -1.48. The molecule has 2 saturated heterocycles. The number of hydrogen-bond donors (Lipinski definition) is 0. The van der Waals surface area contributed by atoms with Crippen LogP contribution in [0.15, 0.2) is 0 Å². The molecule has 0 aliphatic carbocycles. The lowest BCUT2D eigenvalue weighted by molar-refractivity contribution is -0.198. The predicted octanol–water partition coefficient (Wildman–Crippen LogP) is 0.930. The van der Waals surface area contributed by atoms with Gasteiger partial charge < -0.3 is 0 Å². The minimum Gasteiger partial charge on any atom is -0.293 e. The highest BCUT2D eigenvalue weighted by atomic mass is 16.9. The molecule has 0 atom stereocenters. The van der Waals surface area contributed by atoms with Gasteiger partial charge in [0.1, 0.15) is 0 Å². The van der Waals surface area contributed by atoms with Gasteiger partial charge in [-0.3, -0.25) is 28.9 Å². The Morgan fingerprint density at radius 1 is 0.773 bits per heavy atom. The lowest BCUT2D eigenvalue weighted by Crippen LogP contribution is -2.37. The Morgan fingerprint density at radius 3 is 1.23 bits per heavy atom. The number of hydroxylamine groups is 4. The van der Waals surface area contributed by atoms with Gasteiger partial charge >= 0.3 is 6.16 Å². The van der Waals surface area contributed by atoms with E-state index in [1.807, 2.05) is 0 Å². The number of carbonyl (C=O) groups is 5. The largest absolute Gasteiger partial charge is 0.560 e. The maximum atomic E-state index is 11.2. The van der Waals surface area contributed by atoms with E-state index in [-0.39, 0.29) is 35.8 Å². The normalized spacial score (nSPS) is 17.8. The van der Waals surface area contributed by atoms with Gasteiger partial charge in [-0.2, -0.15) is 4.79 Å². The summed E-state index contributed by atoms with van der Waals surface area (Å²) in [6, 6.07) is 0. The molecule has 2 heterocycles. The Hall–Kier alpha value is -2.45. The molecule has 2 aliphatic heterocycles. The first-order valence-corrected chi connectivity index (χ1v) is 6.83. The number of amides is 4. The van der Waals surface area contributed by atoms with Crippen LogP contribution in [-0.2, 0) is 28.9 Å². The molecule has 0 aromatic carbocycles. The summed E-state index contributed by atoms with van der Waals surface area (Å²) in [4.78, 5) is 64.3. The molecule has 2 fully saturated rings. The highest BCUT2D eigenvalue weighted by Crippen LogP contribution is 2.15. The summed E-state index contributed by atoms with van der Waals surface area (Å²) >= 11 is 0. The van der Waals surface area contributed by atoms with Crippen molar-refractivity contribution in [3.63, 3.8) is 0 Å². The van der Waals surface area contributed by atoms with Crippen molar-refractivity contribution in [2.24, 2.45) is 5.92 Å². The summed E-state index contributed by atoms with van der Waals surface area (Å²) in [5, 5.41) is 0.515. The molecule has 0 N–H and O–H groups in total. The summed E-state index contributed by atoms with van der Waals surface area (Å²) in [7, 11) is 0. The number of carbonyl (C=O) groups excluding carboxylic acids is 5. The van der Waals surface area contributed by atoms with Crippen LogP contribution < -0.4 is 0 Å². The van der Waals surface area contributed by atoms with Crippen molar-refractivity contribution < 1.29 is 33.6 Å². The lowest BCUT2D eigenvalue weighted by Gasteiger charge is -2.15. The highest BCUT2D eigenvalue weighted by Gasteiger charge is 2.37. The van der Waals surface area contributed by atoms with Gasteiger partial charge in [-0.05, 0) is 5.92 Å². The third-order valence-electron chi connectivity index (χ3n) is 2.34. The van der Waals surface area contributed by atoms with Gasteiger partial charge in [0.25, 0.3) is 23.6 Å². The van der Waals surface area contributed by atoms with Crippen LogP contribution >= 0.6 is 0 Å². The van der Waals surface area contributed by atoms with Crippen molar-refractivity contribution in [2.75, 3.05) is 0 Å². The Balaban J connectivity index is 0.000000541. The van der Waals surface area contributed by atoms with E-state index in [0.29, 0.717) is 0 Å². The molecule has 0 unspecified atom stereocenters. The van der Waals surface area contributed by atoms with E-state index in [4.69, 9.17) is 0 Å². The van der Waals surface area contributed by atoms with Crippen molar-refractivity contribution in [2.45, 2.75) is 46.5 Å². The summed E-state index contributed by atoms with van der Waals surface area (Å²) in [6.45, 7) is 6.50. The molecule has 122 valence electrons. The zero-order chi connectivity index (χ0) is 16.9. The molecular weight excluding hydrogens is 296 g/mol. The van der Waals surface area contributed by atoms with Gasteiger partial charge in [-0.25, -0.2) is 0 Å². The van der Waals surface area contributed by atoms with Gasteiger partial charge in [0.15, 0.2) is 0 Å². The van der Waals surface area contributed by atoms with E-state index in [1.165, 1.54) is 0 Å². The maximum absolute atomic E-state index is 11.2. The standard InChI is InChI=1S/C9H8N2O7.C4H10/c12-5-1-2-6(13)10(5)17-9(16)18-11-7(14)3-4-8(11)15;1-4(2)3/h1-4H2;4H,1-3H3. The van der Waals surface area contributed by atoms with Crippen molar-refractivity contribution in [3.8, 4) is 0 Å². The van der Waals surface area contributed by atoms with Crippen molar-refractivity contribution in [1.29, 1.82) is 0 Å². The van der Waals surface area contributed by atoms with Gasteiger partial charge in [-0.15, -0.1) is 0 Å². The Kier molecular flexibility index (Phi) is 6.02. The van der Waals surface area contributed by atoms with Gasteiger partial charge in [-0.1, -0.05) is 30.9 Å². The van der Waals surface area contributed by atoms with E-state index in [0.717, 1.165) is 5.92 Å². The number of hydrogen-bond acceptors (Lipinski definition) is 7. The minimum absolute atomic E-state index is 0.0618. The summed E-state index contributed by atoms with van der Waals surface area (Å²) in [6.07, 6.45) is -1.73. The SMILES string of the molecule is CC(C)C.O=C(ON1C(=O)CCC1=O)ON1C(=O)CCC1=O. The average molecular weight is 314 g/mol. The van der Waals surface area contributed by atoms with Crippen molar-refractivity contribution in [3.05, 3.63) is 0 Å². The fourth-order valence-corrected chi connectivity index (χ4v) is 1.48. The summed E-state index contributed by atoms with van der Waals surface area (Å²) in [5.41, 5.74) is 0. The van der Waals surface area contributed by atoms with Crippen molar-refractivity contribution >= 4 is 29.8 Å². The molecule has 0 radical (unpaired) electrons. The number of imide groups is 2. The quantitative estimate of drug-likeness (QED) is 0.697. The summed E-state index contributed by atoms with van der Waals surface area (Å²) < 4.78 is 0. The molecule has 0 spiro atoms. The van der Waals surface area contributed by atoms with Crippen LogP contribution in [-0.4, -0.2) is 39.9 Å². The zero-order valence-electron chi connectivity index (χ0n) is 12.7. The smallest absolute Gasteiger partial charge is 0.293 e. The van der Waals surface area contributed by atoms with Crippen LogP contribution in [0.25, 0.3) is 0 Å². The Morgan fingerprint density at radius 2 is 1.00 bits per heavy atom.